The van der Waals surface area contributed by atoms with Crippen molar-refractivity contribution in [1.82, 2.24) is 10.3 Å². The number of imide groups is 1. The lowest BCUT2D eigenvalue weighted by Gasteiger charge is -2.28. The fourth-order valence-corrected chi connectivity index (χ4v) is 1.82. The van der Waals surface area contributed by atoms with Crippen LogP contribution in [0.5, 0.6) is 0 Å². The molecule has 0 bridgehead atoms. The summed E-state index contributed by atoms with van der Waals surface area (Å²) in [5.74, 6) is -0.0317. The standard InChI is InChI=1S/C11H14N4O2/c1-7(12)8-3-2-4-13-11(8)15-5-9(16)14-10(17)6-15/h2-4,7H,5-6,12H2,1H3,(H,14,16,17)/t7-/m1/s1. The van der Waals surface area contributed by atoms with E-state index in [1.807, 2.05) is 13.0 Å². The van der Waals surface area contributed by atoms with Gasteiger partial charge in [-0.2, -0.15) is 0 Å². The minimum Gasteiger partial charge on any atom is -0.338 e. The lowest BCUT2D eigenvalue weighted by molar-refractivity contribution is -0.130. The molecule has 2 heterocycles. The highest BCUT2D eigenvalue weighted by Crippen LogP contribution is 2.22. The van der Waals surface area contributed by atoms with Crippen LogP contribution in [-0.2, 0) is 9.59 Å². The molecule has 0 radical (unpaired) electrons. The Morgan fingerprint density at radius 3 is 2.65 bits per heavy atom. The van der Waals surface area contributed by atoms with Crippen molar-refractivity contribution < 1.29 is 9.59 Å². The maximum absolute atomic E-state index is 11.3. The highest BCUT2D eigenvalue weighted by atomic mass is 16.2. The first kappa shape index (κ1) is 11.5. The Labute approximate surface area is 98.8 Å². The van der Waals surface area contributed by atoms with Crippen molar-refractivity contribution in [3.05, 3.63) is 23.9 Å². The summed E-state index contributed by atoms with van der Waals surface area (Å²) in [6.45, 7) is 2.09. The van der Waals surface area contributed by atoms with Gasteiger partial charge < -0.3 is 10.6 Å². The highest BCUT2D eigenvalue weighted by Gasteiger charge is 2.25. The van der Waals surface area contributed by atoms with Gasteiger partial charge in [0.15, 0.2) is 0 Å². The third-order valence-electron chi connectivity index (χ3n) is 2.55. The van der Waals surface area contributed by atoms with E-state index in [9.17, 15) is 9.59 Å². The lowest BCUT2D eigenvalue weighted by atomic mass is 10.1. The fourth-order valence-electron chi connectivity index (χ4n) is 1.82. The molecule has 6 nitrogen and oxygen atoms in total. The van der Waals surface area contributed by atoms with Crippen molar-refractivity contribution in [2.45, 2.75) is 13.0 Å². The number of carbonyl (C=O) groups is 2. The van der Waals surface area contributed by atoms with Crippen LogP contribution in [0.25, 0.3) is 0 Å². The number of hydrogen-bond acceptors (Lipinski definition) is 5. The number of amides is 2. The average molecular weight is 234 g/mol. The molecule has 1 aromatic heterocycles. The van der Waals surface area contributed by atoms with Crippen LogP contribution in [-0.4, -0.2) is 29.9 Å². The molecule has 90 valence electrons. The predicted octanol–water partition coefficient (Wildman–Crippen LogP) is -0.436. The first-order chi connectivity index (χ1) is 8.08. The van der Waals surface area contributed by atoms with E-state index in [-0.39, 0.29) is 30.9 Å². The number of hydrogen-bond donors (Lipinski definition) is 2. The zero-order valence-electron chi connectivity index (χ0n) is 9.51. The van der Waals surface area contributed by atoms with Gasteiger partial charge in [-0.25, -0.2) is 4.98 Å². The second kappa shape index (κ2) is 4.50. The smallest absolute Gasteiger partial charge is 0.246 e. The molecule has 0 saturated carbocycles. The summed E-state index contributed by atoms with van der Waals surface area (Å²) in [4.78, 5) is 28.5. The van der Waals surface area contributed by atoms with E-state index < -0.39 is 0 Å². The van der Waals surface area contributed by atoms with Gasteiger partial charge in [-0.05, 0) is 13.0 Å². The number of pyridine rings is 1. The quantitative estimate of drug-likeness (QED) is 0.677. The van der Waals surface area contributed by atoms with E-state index in [0.717, 1.165) is 5.56 Å². The highest BCUT2D eigenvalue weighted by molar-refractivity contribution is 6.02. The minimum atomic E-state index is -0.317. The fraction of sp³-hybridized carbons (Fsp3) is 0.364. The Balaban J connectivity index is 2.33. The third kappa shape index (κ3) is 2.42. The molecule has 1 fully saturated rings. The van der Waals surface area contributed by atoms with Crippen LogP contribution < -0.4 is 16.0 Å². The number of piperazine rings is 1. The summed E-state index contributed by atoms with van der Waals surface area (Å²) in [5.41, 5.74) is 6.67. The minimum absolute atomic E-state index is 0.127. The zero-order valence-corrected chi connectivity index (χ0v) is 9.51. The van der Waals surface area contributed by atoms with E-state index in [1.54, 1.807) is 17.2 Å². The summed E-state index contributed by atoms with van der Waals surface area (Å²) in [6.07, 6.45) is 1.62. The molecular weight excluding hydrogens is 220 g/mol. The van der Waals surface area contributed by atoms with Crippen LogP contribution in [0.1, 0.15) is 18.5 Å². The molecule has 0 unspecified atom stereocenters. The van der Waals surface area contributed by atoms with Gasteiger partial charge >= 0.3 is 0 Å². The molecule has 1 aromatic rings. The van der Waals surface area contributed by atoms with Gasteiger partial charge in [-0.15, -0.1) is 0 Å². The van der Waals surface area contributed by atoms with Gasteiger partial charge in [0.25, 0.3) is 0 Å². The molecule has 17 heavy (non-hydrogen) atoms. The Bertz CT molecular complexity index is 443. The lowest BCUT2D eigenvalue weighted by Crippen LogP contribution is -2.52. The number of nitrogens with one attached hydrogen (secondary N) is 1. The number of carbonyl (C=O) groups excluding carboxylic acids is 2. The molecule has 1 aliphatic heterocycles. The van der Waals surface area contributed by atoms with Crippen LogP contribution in [0.2, 0.25) is 0 Å². The predicted molar refractivity (Wildman–Crippen MR) is 62.2 cm³/mol. The third-order valence-corrected chi connectivity index (χ3v) is 2.55. The summed E-state index contributed by atoms with van der Waals surface area (Å²) in [5, 5.41) is 2.25. The Hall–Kier alpha value is -1.95. The summed E-state index contributed by atoms with van der Waals surface area (Å²) >= 11 is 0. The zero-order chi connectivity index (χ0) is 12.4. The SMILES string of the molecule is C[C@@H](N)c1cccnc1N1CC(=O)NC(=O)C1. The Kier molecular flexibility index (Phi) is 3.06. The van der Waals surface area contributed by atoms with Crippen molar-refractivity contribution in [2.24, 2.45) is 5.73 Å². The van der Waals surface area contributed by atoms with Gasteiger partial charge in [-0.1, -0.05) is 6.07 Å². The summed E-state index contributed by atoms with van der Waals surface area (Å²) in [7, 11) is 0. The topological polar surface area (TPSA) is 88.3 Å². The number of nitrogens with zero attached hydrogens (tertiary/aromatic N) is 2. The molecule has 2 amide bonds. The average Bonchev–Trinajstić information content (AvgIpc) is 2.27. The molecule has 1 atom stereocenters. The molecule has 1 saturated heterocycles. The Morgan fingerprint density at radius 2 is 2.06 bits per heavy atom. The van der Waals surface area contributed by atoms with Gasteiger partial charge in [0.2, 0.25) is 11.8 Å². The maximum Gasteiger partial charge on any atom is 0.246 e. The number of rotatable bonds is 2. The second-order valence-corrected chi connectivity index (χ2v) is 4.03. The largest absolute Gasteiger partial charge is 0.338 e. The van der Waals surface area contributed by atoms with Gasteiger partial charge in [0, 0.05) is 17.8 Å². The van der Waals surface area contributed by atoms with Gasteiger partial charge in [-0.3, -0.25) is 14.9 Å². The van der Waals surface area contributed by atoms with Crippen LogP contribution in [0, 0.1) is 0 Å². The monoisotopic (exact) mass is 234 g/mol. The molecule has 1 aliphatic rings. The molecule has 3 N–H and O–H groups in total. The number of nitrogens with two attached hydrogens (primary N) is 1. The van der Waals surface area contributed by atoms with Gasteiger partial charge in [0.1, 0.15) is 5.82 Å². The van der Waals surface area contributed by atoms with Crippen molar-refractivity contribution in [3.63, 3.8) is 0 Å². The van der Waals surface area contributed by atoms with Crippen molar-refractivity contribution in [3.8, 4) is 0 Å². The van der Waals surface area contributed by atoms with Crippen molar-refractivity contribution >= 4 is 17.6 Å². The molecule has 0 aromatic carbocycles. The van der Waals surface area contributed by atoms with Crippen LogP contribution in [0.3, 0.4) is 0 Å². The summed E-state index contributed by atoms with van der Waals surface area (Å²) < 4.78 is 0. The van der Waals surface area contributed by atoms with Crippen LogP contribution in [0.15, 0.2) is 18.3 Å². The van der Waals surface area contributed by atoms with E-state index in [1.165, 1.54) is 0 Å². The molecule has 2 rings (SSSR count). The van der Waals surface area contributed by atoms with E-state index >= 15 is 0 Å². The van der Waals surface area contributed by atoms with Crippen LogP contribution in [0.4, 0.5) is 5.82 Å². The first-order valence-electron chi connectivity index (χ1n) is 5.36. The second-order valence-electron chi connectivity index (χ2n) is 4.03. The van der Waals surface area contributed by atoms with Gasteiger partial charge in [0.05, 0.1) is 13.1 Å². The maximum atomic E-state index is 11.3. The van der Waals surface area contributed by atoms with Crippen molar-refractivity contribution in [2.75, 3.05) is 18.0 Å². The van der Waals surface area contributed by atoms with E-state index in [2.05, 4.69) is 10.3 Å². The Morgan fingerprint density at radius 1 is 1.41 bits per heavy atom. The molecule has 6 heteroatoms. The summed E-state index contributed by atoms with van der Waals surface area (Å²) in [6, 6.07) is 3.44. The number of aromatic nitrogens is 1. The van der Waals surface area contributed by atoms with E-state index in [4.69, 9.17) is 5.73 Å². The van der Waals surface area contributed by atoms with Crippen LogP contribution >= 0.6 is 0 Å². The molecule has 0 aliphatic carbocycles. The van der Waals surface area contributed by atoms with Crippen molar-refractivity contribution in [1.29, 1.82) is 0 Å². The normalized spacial score (nSPS) is 17.9. The first-order valence-corrected chi connectivity index (χ1v) is 5.36. The number of anilines is 1. The molecule has 0 spiro atoms. The van der Waals surface area contributed by atoms with E-state index in [0.29, 0.717) is 5.82 Å². The molecular formula is C11H14N4O2.